The number of hydrogen-bond donors (Lipinski definition) is 2. The molecule has 1 amide bonds. The predicted molar refractivity (Wildman–Crippen MR) is 104 cm³/mol. The zero-order valence-electron chi connectivity index (χ0n) is 15.1. The predicted octanol–water partition coefficient (Wildman–Crippen LogP) is 5.00. The van der Waals surface area contributed by atoms with Gasteiger partial charge in [0.1, 0.15) is 11.6 Å². The minimum absolute atomic E-state index is 0.109. The Bertz CT molecular complexity index is 927. The second-order valence-corrected chi connectivity index (χ2v) is 6.21. The summed E-state index contributed by atoms with van der Waals surface area (Å²) in [6.45, 7) is 3.94. The maximum atomic E-state index is 13.7. The van der Waals surface area contributed by atoms with Crippen LogP contribution in [0.3, 0.4) is 0 Å². The van der Waals surface area contributed by atoms with Gasteiger partial charge in [-0.2, -0.15) is 0 Å². The van der Waals surface area contributed by atoms with Gasteiger partial charge in [-0.15, -0.1) is 0 Å². The Morgan fingerprint density at radius 2 is 1.78 bits per heavy atom. The first-order valence-corrected chi connectivity index (χ1v) is 8.56. The van der Waals surface area contributed by atoms with Crippen LogP contribution in [0.25, 0.3) is 0 Å². The van der Waals surface area contributed by atoms with Gasteiger partial charge in [0.05, 0.1) is 29.2 Å². The molecule has 0 aliphatic rings. The van der Waals surface area contributed by atoms with E-state index in [2.05, 4.69) is 15.6 Å². The third-order valence-corrected chi connectivity index (χ3v) is 3.64. The van der Waals surface area contributed by atoms with E-state index in [-0.39, 0.29) is 11.8 Å². The van der Waals surface area contributed by atoms with Crippen LogP contribution in [-0.2, 0) is 0 Å². The molecule has 3 aromatic rings. The molecule has 2 N–H and O–H groups in total. The monoisotopic (exact) mass is 365 g/mol. The number of pyridine rings is 1. The van der Waals surface area contributed by atoms with Crippen molar-refractivity contribution in [3.63, 3.8) is 0 Å². The highest BCUT2D eigenvalue weighted by Gasteiger charge is 2.10. The Morgan fingerprint density at radius 3 is 2.48 bits per heavy atom. The number of nitrogens with one attached hydrogen (secondary N) is 2. The Balaban J connectivity index is 1.70. The molecule has 0 spiro atoms. The summed E-state index contributed by atoms with van der Waals surface area (Å²) in [5.41, 5.74) is 1.93. The fraction of sp³-hybridized carbons (Fsp3) is 0.143. The standard InChI is InChI=1S/C21H20FN3O2/c1-14(2)27-18-9-7-16(8-10-18)24-17-11-15(12-23-13-17)21(26)25-20-6-4-3-5-19(20)22/h3-14,24H,1-2H3,(H,25,26). The number of nitrogens with zero attached hydrogens (tertiary/aromatic N) is 1. The van der Waals surface area contributed by atoms with Crippen molar-refractivity contribution < 1.29 is 13.9 Å². The van der Waals surface area contributed by atoms with Gasteiger partial charge in [0.25, 0.3) is 5.91 Å². The number of carbonyl (C=O) groups is 1. The van der Waals surface area contributed by atoms with Crippen LogP contribution in [0.1, 0.15) is 24.2 Å². The highest BCUT2D eigenvalue weighted by molar-refractivity contribution is 6.04. The molecule has 6 heteroatoms. The molecule has 3 rings (SSSR count). The van der Waals surface area contributed by atoms with Crippen molar-refractivity contribution in [3.8, 4) is 5.75 Å². The maximum Gasteiger partial charge on any atom is 0.257 e. The van der Waals surface area contributed by atoms with Crippen molar-refractivity contribution in [1.29, 1.82) is 0 Å². The van der Waals surface area contributed by atoms with Crippen LogP contribution >= 0.6 is 0 Å². The maximum absolute atomic E-state index is 13.7. The fourth-order valence-corrected chi connectivity index (χ4v) is 2.45. The summed E-state index contributed by atoms with van der Waals surface area (Å²) in [5.74, 6) is -0.139. The summed E-state index contributed by atoms with van der Waals surface area (Å²) in [7, 11) is 0. The SMILES string of the molecule is CC(C)Oc1ccc(Nc2cncc(C(=O)Nc3ccccc3F)c2)cc1. The van der Waals surface area contributed by atoms with Crippen LogP contribution in [0, 0.1) is 5.82 Å². The average molecular weight is 365 g/mol. The quantitative estimate of drug-likeness (QED) is 0.645. The smallest absolute Gasteiger partial charge is 0.257 e. The molecule has 0 saturated carbocycles. The normalized spacial score (nSPS) is 10.5. The van der Waals surface area contributed by atoms with E-state index in [9.17, 15) is 9.18 Å². The first kappa shape index (κ1) is 18.4. The van der Waals surface area contributed by atoms with E-state index >= 15 is 0 Å². The minimum Gasteiger partial charge on any atom is -0.491 e. The lowest BCUT2D eigenvalue weighted by Gasteiger charge is -2.11. The summed E-state index contributed by atoms with van der Waals surface area (Å²) >= 11 is 0. The average Bonchev–Trinajstić information content (AvgIpc) is 2.65. The summed E-state index contributed by atoms with van der Waals surface area (Å²) in [6, 6.07) is 15.2. The lowest BCUT2D eigenvalue weighted by molar-refractivity contribution is 0.102. The molecular weight excluding hydrogens is 345 g/mol. The molecule has 0 fully saturated rings. The summed E-state index contributed by atoms with van der Waals surface area (Å²) in [5, 5.41) is 5.73. The molecule has 0 unspecified atom stereocenters. The van der Waals surface area contributed by atoms with E-state index in [0.29, 0.717) is 11.3 Å². The highest BCUT2D eigenvalue weighted by Crippen LogP contribution is 2.21. The van der Waals surface area contributed by atoms with Gasteiger partial charge in [-0.3, -0.25) is 9.78 Å². The van der Waals surface area contributed by atoms with Crippen LogP contribution in [0.4, 0.5) is 21.5 Å². The van der Waals surface area contributed by atoms with Crippen LogP contribution in [0.5, 0.6) is 5.75 Å². The number of para-hydroxylation sites is 1. The van der Waals surface area contributed by atoms with Crippen molar-refractivity contribution in [2.75, 3.05) is 10.6 Å². The minimum atomic E-state index is -0.489. The molecule has 0 atom stereocenters. The third-order valence-electron chi connectivity index (χ3n) is 3.64. The van der Waals surface area contributed by atoms with Gasteiger partial charge < -0.3 is 15.4 Å². The molecule has 0 aliphatic carbocycles. The van der Waals surface area contributed by atoms with E-state index in [0.717, 1.165) is 11.4 Å². The second kappa shape index (κ2) is 8.31. The molecule has 0 aliphatic heterocycles. The Hall–Kier alpha value is -3.41. The van der Waals surface area contributed by atoms with Gasteiger partial charge in [-0.1, -0.05) is 12.1 Å². The van der Waals surface area contributed by atoms with Crippen molar-refractivity contribution in [1.82, 2.24) is 4.98 Å². The van der Waals surface area contributed by atoms with Gasteiger partial charge in [0.15, 0.2) is 0 Å². The number of anilines is 3. The van der Waals surface area contributed by atoms with E-state index < -0.39 is 11.7 Å². The van der Waals surface area contributed by atoms with Gasteiger partial charge in [-0.05, 0) is 56.3 Å². The zero-order valence-corrected chi connectivity index (χ0v) is 15.1. The van der Waals surface area contributed by atoms with Crippen molar-refractivity contribution in [2.45, 2.75) is 20.0 Å². The Morgan fingerprint density at radius 1 is 1.04 bits per heavy atom. The molecule has 2 aromatic carbocycles. The lowest BCUT2D eigenvalue weighted by Crippen LogP contribution is -2.13. The van der Waals surface area contributed by atoms with Crippen molar-refractivity contribution >= 4 is 23.0 Å². The summed E-state index contributed by atoms with van der Waals surface area (Å²) in [6.07, 6.45) is 3.15. The first-order chi connectivity index (χ1) is 13.0. The highest BCUT2D eigenvalue weighted by atomic mass is 19.1. The van der Waals surface area contributed by atoms with Crippen LogP contribution in [0.2, 0.25) is 0 Å². The Kier molecular flexibility index (Phi) is 5.66. The van der Waals surface area contributed by atoms with Crippen molar-refractivity contribution in [3.05, 3.63) is 78.4 Å². The topological polar surface area (TPSA) is 63.2 Å². The molecule has 1 heterocycles. The van der Waals surface area contributed by atoms with Crippen molar-refractivity contribution in [2.24, 2.45) is 0 Å². The van der Waals surface area contributed by atoms with Gasteiger partial charge in [0.2, 0.25) is 0 Å². The van der Waals surface area contributed by atoms with E-state index in [1.807, 2.05) is 38.1 Å². The first-order valence-electron chi connectivity index (χ1n) is 8.56. The van der Waals surface area contributed by atoms with Gasteiger partial charge in [-0.25, -0.2) is 4.39 Å². The van der Waals surface area contributed by atoms with Crippen LogP contribution in [0.15, 0.2) is 67.0 Å². The summed E-state index contributed by atoms with van der Waals surface area (Å²) < 4.78 is 19.3. The van der Waals surface area contributed by atoms with Crippen LogP contribution < -0.4 is 15.4 Å². The second-order valence-electron chi connectivity index (χ2n) is 6.21. The molecule has 138 valence electrons. The van der Waals surface area contributed by atoms with Gasteiger partial charge >= 0.3 is 0 Å². The fourth-order valence-electron chi connectivity index (χ4n) is 2.45. The number of carbonyl (C=O) groups excluding carboxylic acids is 1. The molecule has 27 heavy (non-hydrogen) atoms. The molecule has 5 nitrogen and oxygen atoms in total. The van der Waals surface area contributed by atoms with E-state index in [4.69, 9.17) is 4.74 Å². The number of ether oxygens (including phenoxy) is 1. The summed E-state index contributed by atoms with van der Waals surface area (Å²) in [4.78, 5) is 16.4. The zero-order chi connectivity index (χ0) is 19.2. The van der Waals surface area contributed by atoms with E-state index in [1.54, 1.807) is 24.4 Å². The molecule has 0 bridgehead atoms. The largest absolute Gasteiger partial charge is 0.491 e. The Labute approximate surface area is 157 Å². The van der Waals surface area contributed by atoms with E-state index in [1.165, 1.54) is 18.3 Å². The van der Waals surface area contributed by atoms with Gasteiger partial charge in [0, 0.05) is 11.9 Å². The number of amides is 1. The molecule has 1 aromatic heterocycles. The number of benzene rings is 2. The molecule has 0 radical (unpaired) electrons. The number of aromatic nitrogens is 1. The number of halogens is 1. The number of rotatable bonds is 6. The molecular formula is C21H20FN3O2. The lowest BCUT2D eigenvalue weighted by atomic mass is 10.2. The third kappa shape index (κ3) is 5.04. The number of hydrogen-bond acceptors (Lipinski definition) is 4. The molecule has 0 saturated heterocycles. The van der Waals surface area contributed by atoms with Crippen LogP contribution in [-0.4, -0.2) is 17.0 Å².